The lowest BCUT2D eigenvalue weighted by Gasteiger charge is -2.18. The molecule has 9 rings (SSSR count). The van der Waals surface area contributed by atoms with Crippen LogP contribution in [0.5, 0.6) is 0 Å². The first-order valence-corrected chi connectivity index (χ1v) is 19.4. The van der Waals surface area contributed by atoms with Gasteiger partial charge in [-0.25, -0.2) is 15.0 Å². The fraction of sp³-hybridized carbons (Fsp3) is 0.0816. The predicted octanol–water partition coefficient (Wildman–Crippen LogP) is 15.4. The van der Waals surface area contributed by atoms with Crippen molar-refractivity contribution >= 4 is 21.8 Å². The van der Waals surface area contributed by atoms with E-state index in [1.807, 2.05) is 0 Å². The highest BCUT2D eigenvalue weighted by Gasteiger charge is 2.39. The van der Waals surface area contributed by atoms with Gasteiger partial charge in [-0.05, 0) is 82.9 Å². The van der Waals surface area contributed by atoms with Gasteiger partial charge in [0.2, 0.25) is 0 Å². The number of fused-ring (bicyclic) bond motifs is 3. The predicted molar refractivity (Wildman–Crippen MR) is 221 cm³/mol. The normalized spacial score (nSPS) is 12.6. The summed E-state index contributed by atoms with van der Waals surface area (Å²) in [4.78, 5) is 14.1. The van der Waals surface area contributed by atoms with Gasteiger partial charge in [-0.3, -0.25) is 0 Å². The van der Waals surface area contributed by atoms with Crippen LogP contribution in [0.25, 0.3) is 83.9 Å². The Labute approximate surface area is 360 Å². The summed E-state index contributed by atoms with van der Waals surface area (Å²) in [5.74, 6) is 0.152. The van der Waals surface area contributed by atoms with Gasteiger partial charge in [-0.1, -0.05) is 97.1 Å². The van der Waals surface area contributed by atoms with Crippen molar-refractivity contribution in [3.05, 3.63) is 180 Å². The Kier molecular flexibility index (Phi) is 10.3. The zero-order chi connectivity index (χ0) is 46.1. The van der Waals surface area contributed by atoms with Crippen LogP contribution in [0.15, 0.2) is 158 Å². The maximum atomic E-state index is 14.3. The molecule has 2 heterocycles. The van der Waals surface area contributed by atoms with Crippen LogP contribution in [0, 0.1) is 0 Å². The molecule has 2 aromatic heterocycles. The van der Waals surface area contributed by atoms with Crippen molar-refractivity contribution in [1.29, 1.82) is 0 Å². The van der Waals surface area contributed by atoms with Gasteiger partial charge in [0.15, 0.2) is 17.5 Å². The van der Waals surface area contributed by atoms with Gasteiger partial charge in [0.25, 0.3) is 0 Å². The van der Waals surface area contributed by atoms with Gasteiger partial charge in [-0.2, -0.15) is 52.7 Å². The molecule has 0 saturated heterocycles. The molecule has 65 heavy (non-hydrogen) atoms. The fourth-order valence-electron chi connectivity index (χ4n) is 7.77. The van der Waals surface area contributed by atoms with Crippen molar-refractivity contribution in [3.8, 4) is 62.1 Å². The molecule has 0 N–H and O–H groups in total. The van der Waals surface area contributed by atoms with Gasteiger partial charge in [0, 0.05) is 33.2 Å². The van der Waals surface area contributed by atoms with Crippen molar-refractivity contribution in [2.75, 3.05) is 0 Å². The molecular formula is C49H26F12N4. The third-order valence-electron chi connectivity index (χ3n) is 10.7. The van der Waals surface area contributed by atoms with E-state index >= 15 is 0 Å². The minimum atomic E-state index is -5.17. The average molecular weight is 899 g/mol. The number of nitrogens with zero attached hydrogens (tertiary/aromatic N) is 4. The van der Waals surface area contributed by atoms with Gasteiger partial charge >= 0.3 is 24.7 Å². The highest BCUT2D eigenvalue weighted by Crippen LogP contribution is 2.45. The summed E-state index contributed by atoms with van der Waals surface area (Å²) >= 11 is 0. The lowest BCUT2D eigenvalue weighted by Crippen LogP contribution is -2.12. The zero-order valence-electron chi connectivity index (χ0n) is 32.8. The van der Waals surface area contributed by atoms with Crippen LogP contribution in [-0.4, -0.2) is 19.5 Å². The maximum absolute atomic E-state index is 14.3. The average Bonchev–Trinajstić information content (AvgIpc) is 3.61. The first-order chi connectivity index (χ1) is 30.7. The number of para-hydroxylation sites is 1. The summed E-state index contributed by atoms with van der Waals surface area (Å²) in [7, 11) is 0. The summed E-state index contributed by atoms with van der Waals surface area (Å²) in [6.45, 7) is 0. The third-order valence-corrected chi connectivity index (χ3v) is 10.7. The van der Waals surface area contributed by atoms with Crippen molar-refractivity contribution in [2.45, 2.75) is 24.7 Å². The van der Waals surface area contributed by atoms with E-state index in [0.717, 1.165) is 6.07 Å². The molecule has 0 unspecified atom stereocenters. The molecule has 7 aromatic carbocycles. The van der Waals surface area contributed by atoms with Crippen LogP contribution in [0.2, 0.25) is 0 Å². The Morgan fingerprint density at radius 1 is 0.323 bits per heavy atom. The van der Waals surface area contributed by atoms with E-state index in [9.17, 15) is 52.7 Å². The van der Waals surface area contributed by atoms with Gasteiger partial charge in [0.05, 0.1) is 33.3 Å². The van der Waals surface area contributed by atoms with E-state index in [0.29, 0.717) is 56.8 Å². The fourth-order valence-corrected chi connectivity index (χ4v) is 7.77. The molecule has 0 radical (unpaired) electrons. The second kappa shape index (κ2) is 15.6. The molecular weight excluding hydrogens is 873 g/mol. The Morgan fingerprint density at radius 3 is 1.42 bits per heavy atom. The lowest BCUT2D eigenvalue weighted by molar-refractivity contribution is -0.144. The van der Waals surface area contributed by atoms with E-state index in [1.54, 1.807) is 89.5 Å². The van der Waals surface area contributed by atoms with Crippen LogP contribution < -0.4 is 0 Å². The number of halogens is 12. The molecule has 0 bridgehead atoms. The van der Waals surface area contributed by atoms with Crippen LogP contribution >= 0.6 is 0 Å². The minimum absolute atomic E-state index is 0.00571. The number of rotatable bonds is 6. The van der Waals surface area contributed by atoms with Crippen LogP contribution in [0.1, 0.15) is 22.3 Å². The van der Waals surface area contributed by atoms with Crippen molar-refractivity contribution < 1.29 is 52.7 Å². The summed E-state index contributed by atoms with van der Waals surface area (Å²) in [5, 5.41) is 0.878. The van der Waals surface area contributed by atoms with Crippen molar-refractivity contribution in [3.63, 3.8) is 0 Å². The lowest BCUT2D eigenvalue weighted by atomic mass is 9.94. The molecule has 0 amide bonds. The van der Waals surface area contributed by atoms with Gasteiger partial charge in [-0.15, -0.1) is 0 Å². The largest absolute Gasteiger partial charge is 0.417 e. The van der Waals surface area contributed by atoms with E-state index in [4.69, 9.17) is 9.97 Å². The third kappa shape index (κ3) is 8.27. The number of hydrogen-bond donors (Lipinski definition) is 0. The number of alkyl halides is 12. The zero-order valence-corrected chi connectivity index (χ0v) is 32.8. The van der Waals surface area contributed by atoms with Crippen molar-refractivity contribution in [2.24, 2.45) is 0 Å². The number of benzene rings is 7. The SMILES string of the molecule is FC(F)(F)c1cc(-c2ccc(-n3c4ccccc4c4cc(-c5ccc(C(F)(F)F)cc5C(F)(F)F)ccc43)cc2-c2nc(-c3ccccc3)nc(-c3ccccc3)n2)cc(C(F)(F)F)c1. The molecule has 4 nitrogen and oxygen atoms in total. The van der Waals surface area contributed by atoms with Gasteiger partial charge < -0.3 is 4.57 Å². The molecule has 0 atom stereocenters. The van der Waals surface area contributed by atoms with E-state index in [-0.39, 0.29) is 46.3 Å². The smallest absolute Gasteiger partial charge is 0.309 e. The molecule has 0 aliphatic carbocycles. The number of hydrogen-bond acceptors (Lipinski definition) is 3. The Morgan fingerprint density at radius 2 is 0.846 bits per heavy atom. The van der Waals surface area contributed by atoms with Crippen molar-refractivity contribution in [1.82, 2.24) is 19.5 Å². The Hall–Kier alpha value is -7.49. The molecule has 326 valence electrons. The Balaban J connectivity index is 1.32. The second-order valence-corrected chi connectivity index (χ2v) is 14.9. The number of aromatic nitrogens is 4. The first-order valence-electron chi connectivity index (χ1n) is 19.4. The maximum Gasteiger partial charge on any atom is 0.417 e. The van der Waals surface area contributed by atoms with E-state index in [2.05, 4.69) is 4.98 Å². The molecule has 0 spiro atoms. The summed E-state index contributed by atoms with van der Waals surface area (Å²) < 4.78 is 171. The summed E-state index contributed by atoms with van der Waals surface area (Å²) in [6, 6.07) is 35.1. The van der Waals surface area contributed by atoms with Crippen LogP contribution in [-0.2, 0) is 24.7 Å². The highest BCUT2D eigenvalue weighted by molar-refractivity contribution is 6.10. The molecule has 9 aromatic rings. The molecule has 0 aliphatic heterocycles. The van der Waals surface area contributed by atoms with E-state index in [1.165, 1.54) is 36.4 Å². The quantitative estimate of drug-likeness (QED) is 0.156. The molecule has 0 fully saturated rings. The summed E-state index contributed by atoms with van der Waals surface area (Å²) in [5.41, 5.74) is -5.02. The standard InChI is InChI=1S/C49H26F12N4/c50-46(51,52)31-16-18-36(40(25-31)49(59,60)61)29-15-20-42-38(23-29)37-13-7-8-14-41(37)65(42)34-17-19-35(30-21-32(47(53,54)55)24-33(22-30)48(56,57)58)39(26-34)45-63-43(27-9-3-1-4-10-27)62-44(64-45)28-11-5-2-6-12-28/h1-26H. The first kappa shape index (κ1) is 42.8. The second-order valence-electron chi connectivity index (χ2n) is 14.9. The molecule has 0 saturated carbocycles. The Bertz CT molecular complexity index is 3170. The monoisotopic (exact) mass is 898 g/mol. The van der Waals surface area contributed by atoms with Crippen LogP contribution in [0.3, 0.4) is 0 Å². The van der Waals surface area contributed by atoms with E-state index < -0.39 is 58.1 Å². The highest BCUT2D eigenvalue weighted by atomic mass is 19.4. The van der Waals surface area contributed by atoms with Crippen LogP contribution in [0.4, 0.5) is 52.7 Å². The molecule has 0 aliphatic rings. The molecule has 16 heteroatoms. The topological polar surface area (TPSA) is 43.6 Å². The summed E-state index contributed by atoms with van der Waals surface area (Å²) in [6.07, 6.45) is -20.5. The minimum Gasteiger partial charge on any atom is -0.309 e. The van der Waals surface area contributed by atoms with Gasteiger partial charge in [0.1, 0.15) is 0 Å².